The number of hydrogen-bond donors (Lipinski definition) is 2. The average molecular weight is 311 g/mol. The SMILES string of the molecule is COC(=O)c1ccc(Cl)c(NC(=O)C2CCCC2CN)c1. The second kappa shape index (κ2) is 6.91. The fraction of sp³-hybridized carbons (Fsp3) is 0.467. The molecule has 0 radical (unpaired) electrons. The first-order valence-corrected chi connectivity index (χ1v) is 7.33. The van der Waals surface area contributed by atoms with E-state index in [1.807, 2.05) is 0 Å². The Labute approximate surface area is 128 Å². The molecule has 0 saturated heterocycles. The molecular weight excluding hydrogens is 292 g/mol. The molecule has 0 spiro atoms. The number of benzene rings is 1. The summed E-state index contributed by atoms with van der Waals surface area (Å²) in [5.74, 6) is -0.435. The van der Waals surface area contributed by atoms with Crippen molar-refractivity contribution >= 4 is 29.2 Å². The zero-order valence-electron chi connectivity index (χ0n) is 11.9. The number of halogens is 1. The minimum Gasteiger partial charge on any atom is -0.465 e. The summed E-state index contributed by atoms with van der Waals surface area (Å²) in [5.41, 5.74) is 6.47. The monoisotopic (exact) mass is 310 g/mol. The zero-order valence-corrected chi connectivity index (χ0v) is 12.7. The highest BCUT2D eigenvalue weighted by Gasteiger charge is 2.32. The number of carbonyl (C=O) groups is 2. The van der Waals surface area contributed by atoms with Gasteiger partial charge in [-0.1, -0.05) is 18.0 Å². The predicted octanol–water partition coefficient (Wildman–Crippen LogP) is 2.44. The quantitative estimate of drug-likeness (QED) is 0.837. The number of ether oxygens (including phenoxy) is 1. The van der Waals surface area contributed by atoms with Gasteiger partial charge in [0.2, 0.25) is 5.91 Å². The highest BCUT2D eigenvalue weighted by molar-refractivity contribution is 6.33. The second-order valence-corrected chi connectivity index (χ2v) is 5.62. The van der Waals surface area contributed by atoms with E-state index < -0.39 is 5.97 Å². The lowest BCUT2D eigenvalue weighted by atomic mass is 9.95. The van der Waals surface area contributed by atoms with Crippen LogP contribution >= 0.6 is 11.6 Å². The van der Waals surface area contributed by atoms with Crippen molar-refractivity contribution in [3.8, 4) is 0 Å². The maximum atomic E-state index is 12.3. The largest absolute Gasteiger partial charge is 0.465 e. The van der Waals surface area contributed by atoms with Crippen LogP contribution in [0.4, 0.5) is 5.69 Å². The van der Waals surface area contributed by atoms with Crippen molar-refractivity contribution in [1.29, 1.82) is 0 Å². The van der Waals surface area contributed by atoms with Crippen LogP contribution in [-0.4, -0.2) is 25.5 Å². The molecule has 21 heavy (non-hydrogen) atoms. The van der Waals surface area contributed by atoms with Gasteiger partial charge in [0.15, 0.2) is 0 Å². The zero-order chi connectivity index (χ0) is 15.4. The fourth-order valence-electron chi connectivity index (χ4n) is 2.76. The Hall–Kier alpha value is -1.59. The number of rotatable bonds is 4. The molecule has 5 nitrogen and oxygen atoms in total. The van der Waals surface area contributed by atoms with Crippen molar-refractivity contribution in [2.24, 2.45) is 17.6 Å². The summed E-state index contributed by atoms with van der Waals surface area (Å²) in [7, 11) is 1.31. The minimum absolute atomic E-state index is 0.0900. The van der Waals surface area contributed by atoms with Gasteiger partial charge in [0.25, 0.3) is 0 Å². The first kappa shape index (κ1) is 15.8. The molecule has 0 bridgehead atoms. The Kier molecular flexibility index (Phi) is 5.20. The van der Waals surface area contributed by atoms with Crippen molar-refractivity contribution in [2.75, 3.05) is 19.0 Å². The molecule has 1 aromatic rings. The standard InChI is InChI=1S/C15H19ClN2O3/c1-21-15(20)9-5-6-12(16)13(7-9)18-14(19)11-4-2-3-10(11)8-17/h5-7,10-11H,2-4,8,17H2,1H3,(H,18,19). The van der Waals surface area contributed by atoms with Crippen molar-refractivity contribution in [1.82, 2.24) is 0 Å². The molecule has 1 aromatic carbocycles. The van der Waals surface area contributed by atoms with Gasteiger partial charge >= 0.3 is 5.97 Å². The van der Waals surface area contributed by atoms with Gasteiger partial charge in [-0.25, -0.2) is 4.79 Å². The van der Waals surface area contributed by atoms with Crippen molar-refractivity contribution < 1.29 is 14.3 Å². The number of anilines is 1. The lowest BCUT2D eigenvalue weighted by molar-refractivity contribution is -0.120. The molecule has 6 heteroatoms. The van der Waals surface area contributed by atoms with Gasteiger partial charge in [-0.3, -0.25) is 4.79 Å². The third kappa shape index (κ3) is 3.54. The molecule has 114 valence electrons. The molecule has 0 aromatic heterocycles. The molecule has 1 amide bonds. The Bertz CT molecular complexity index is 548. The third-order valence-corrected chi connectivity index (χ3v) is 4.27. The molecule has 3 N–H and O–H groups in total. The highest BCUT2D eigenvalue weighted by atomic mass is 35.5. The number of methoxy groups -OCH3 is 1. The predicted molar refractivity (Wildman–Crippen MR) is 81.3 cm³/mol. The number of esters is 1. The fourth-order valence-corrected chi connectivity index (χ4v) is 2.92. The van der Waals surface area contributed by atoms with Gasteiger partial charge in [-0.2, -0.15) is 0 Å². The van der Waals surface area contributed by atoms with E-state index in [-0.39, 0.29) is 17.7 Å². The summed E-state index contributed by atoms with van der Waals surface area (Å²) < 4.78 is 4.66. The van der Waals surface area contributed by atoms with E-state index in [1.165, 1.54) is 13.2 Å². The van der Waals surface area contributed by atoms with Gasteiger partial charge in [-0.05, 0) is 43.5 Å². The molecule has 1 saturated carbocycles. The summed E-state index contributed by atoms with van der Waals surface area (Å²) in [4.78, 5) is 23.9. The molecular formula is C15H19ClN2O3. The third-order valence-electron chi connectivity index (χ3n) is 3.94. The van der Waals surface area contributed by atoms with Crippen LogP contribution in [0, 0.1) is 11.8 Å². The van der Waals surface area contributed by atoms with Crippen molar-refractivity contribution in [2.45, 2.75) is 19.3 Å². The van der Waals surface area contributed by atoms with Gasteiger partial charge in [0.05, 0.1) is 23.4 Å². The van der Waals surface area contributed by atoms with Crippen LogP contribution in [0.1, 0.15) is 29.6 Å². The van der Waals surface area contributed by atoms with Gasteiger partial charge < -0.3 is 15.8 Å². The van der Waals surface area contributed by atoms with E-state index in [4.69, 9.17) is 17.3 Å². The lowest BCUT2D eigenvalue weighted by Gasteiger charge is -2.18. The van der Waals surface area contributed by atoms with Crippen molar-refractivity contribution in [3.63, 3.8) is 0 Å². The summed E-state index contributed by atoms with van der Waals surface area (Å²) in [5, 5.41) is 3.19. The summed E-state index contributed by atoms with van der Waals surface area (Å²) in [6.45, 7) is 0.508. The maximum absolute atomic E-state index is 12.3. The van der Waals surface area contributed by atoms with Crippen LogP contribution in [-0.2, 0) is 9.53 Å². The van der Waals surface area contributed by atoms with Crippen molar-refractivity contribution in [3.05, 3.63) is 28.8 Å². The van der Waals surface area contributed by atoms with E-state index in [2.05, 4.69) is 10.1 Å². The molecule has 1 aliphatic rings. The van der Waals surface area contributed by atoms with Gasteiger partial charge in [-0.15, -0.1) is 0 Å². The summed E-state index contributed by atoms with van der Waals surface area (Å²) in [6, 6.07) is 4.65. The van der Waals surface area contributed by atoms with Crippen LogP contribution in [0.3, 0.4) is 0 Å². The Morgan fingerprint density at radius 1 is 1.43 bits per heavy atom. The van der Waals surface area contributed by atoms with E-state index in [1.54, 1.807) is 12.1 Å². The van der Waals surface area contributed by atoms with Crippen LogP contribution in [0.2, 0.25) is 5.02 Å². The van der Waals surface area contributed by atoms with E-state index in [9.17, 15) is 9.59 Å². The Morgan fingerprint density at radius 2 is 2.19 bits per heavy atom. The van der Waals surface area contributed by atoms with E-state index >= 15 is 0 Å². The Morgan fingerprint density at radius 3 is 2.86 bits per heavy atom. The smallest absolute Gasteiger partial charge is 0.337 e. The van der Waals surface area contributed by atoms with Crippen LogP contribution in [0.25, 0.3) is 0 Å². The number of carbonyl (C=O) groups excluding carboxylic acids is 2. The highest BCUT2D eigenvalue weighted by Crippen LogP contribution is 2.33. The van der Waals surface area contributed by atoms with Gasteiger partial charge in [0, 0.05) is 5.92 Å². The summed E-state index contributed by atoms with van der Waals surface area (Å²) >= 11 is 6.07. The van der Waals surface area contributed by atoms with Gasteiger partial charge in [0.1, 0.15) is 0 Å². The maximum Gasteiger partial charge on any atom is 0.337 e. The molecule has 0 aliphatic heterocycles. The normalized spacial score (nSPS) is 21.1. The molecule has 0 heterocycles. The number of nitrogens with one attached hydrogen (secondary N) is 1. The van der Waals surface area contributed by atoms with Crippen LogP contribution in [0.15, 0.2) is 18.2 Å². The molecule has 2 rings (SSSR count). The average Bonchev–Trinajstić information content (AvgIpc) is 2.97. The first-order valence-electron chi connectivity index (χ1n) is 6.95. The minimum atomic E-state index is -0.470. The molecule has 2 unspecified atom stereocenters. The van der Waals surface area contributed by atoms with Crippen LogP contribution in [0.5, 0.6) is 0 Å². The number of amides is 1. The molecule has 1 aliphatic carbocycles. The van der Waals surface area contributed by atoms with E-state index in [0.717, 1.165) is 19.3 Å². The number of nitrogens with two attached hydrogens (primary N) is 1. The first-order chi connectivity index (χ1) is 10.1. The Balaban J connectivity index is 2.15. The summed E-state index contributed by atoms with van der Waals surface area (Å²) in [6.07, 6.45) is 2.82. The second-order valence-electron chi connectivity index (χ2n) is 5.21. The van der Waals surface area contributed by atoms with Crippen LogP contribution < -0.4 is 11.1 Å². The molecule has 2 atom stereocenters. The topological polar surface area (TPSA) is 81.4 Å². The lowest BCUT2D eigenvalue weighted by Crippen LogP contribution is -2.29. The van der Waals surface area contributed by atoms with E-state index in [0.29, 0.717) is 22.8 Å². The molecule has 1 fully saturated rings. The number of hydrogen-bond acceptors (Lipinski definition) is 4.